The molecule has 1 N–H and O–H groups in total. The topological polar surface area (TPSA) is 21.3 Å². The van der Waals surface area contributed by atoms with Gasteiger partial charge in [-0.1, -0.05) is 41.4 Å². The fourth-order valence-corrected chi connectivity index (χ4v) is 2.27. The molecule has 1 unspecified atom stereocenters. The average Bonchev–Trinajstić information content (AvgIpc) is 2.38. The number of anilines is 1. The summed E-state index contributed by atoms with van der Waals surface area (Å²) in [4.78, 5) is 0. The Morgan fingerprint density at radius 3 is 2.72 bits per heavy atom. The highest BCUT2D eigenvalue weighted by molar-refractivity contribution is 6.30. The Morgan fingerprint density at radius 1 is 1.17 bits per heavy atom. The Bertz CT molecular complexity index is 565. The molecular formula is C15H14ClNO. The van der Waals surface area contributed by atoms with Gasteiger partial charge in [0.15, 0.2) is 0 Å². The van der Waals surface area contributed by atoms with E-state index in [1.807, 2.05) is 18.2 Å². The molecule has 0 radical (unpaired) electrons. The van der Waals surface area contributed by atoms with Gasteiger partial charge in [0.2, 0.25) is 0 Å². The summed E-state index contributed by atoms with van der Waals surface area (Å²) in [7, 11) is 0. The van der Waals surface area contributed by atoms with E-state index in [4.69, 9.17) is 16.3 Å². The van der Waals surface area contributed by atoms with Crippen molar-refractivity contribution in [2.75, 3.05) is 11.9 Å². The van der Waals surface area contributed by atoms with Crippen molar-refractivity contribution in [2.45, 2.75) is 13.0 Å². The summed E-state index contributed by atoms with van der Waals surface area (Å²) < 4.78 is 5.99. The van der Waals surface area contributed by atoms with Crippen molar-refractivity contribution in [1.29, 1.82) is 0 Å². The van der Waals surface area contributed by atoms with Crippen molar-refractivity contribution in [3.8, 4) is 5.75 Å². The van der Waals surface area contributed by atoms with Crippen molar-refractivity contribution in [3.63, 3.8) is 0 Å². The van der Waals surface area contributed by atoms with Gasteiger partial charge in [0.25, 0.3) is 0 Å². The van der Waals surface area contributed by atoms with E-state index in [0.717, 1.165) is 18.0 Å². The third-order valence-electron chi connectivity index (χ3n) is 3.14. The predicted molar refractivity (Wildman–Crippen MR) is 74.5 cm³/mol. The van der Waals surface area contributed by atoms with E-state index in [2.05, 4.69) is 36.5 Å². The zero-order valence-corrected chi connectivity index (χ0v) is 10.9. The minimum Gasteiger partial charge on any atom is -0.482 e. The van der Waals surface area contributed by atoms with Crippen LogP contribution in [-0.2, 0) is 0 Å². The number of hydrogen-bond acceptors (Lipinski definition) is 2. The van der Waals surface area contributed by atoms with Crippen molar-refractivity contribution >= 4 is 17.3 Å². The van der Waals surface area contributed by atoms with Gasteiger partial charge in [-0.25, -0.2) is 0 Å². The first-order valence-electron chi connectivity index (χ1n) is 5.99. The van der Waals surface area contributed by atoms with Gasteiger partial charge in [-0.2, -0.15) is 0 Å². The molecular weight excluding hydrogens is 246 g/mol. The molecule has 18 heavy (non-hydrogen) atoms. The van der Waals surface area contributed by atoms with Gasteiger partial charge < -0.3 is 10.1 Å². The third-order valence-corrected chi connectivity index (χ3v) is 3.38. The third kappa shape index (κ3) is 2.16. The molecule has 3 heteroatoms. The average molecular weight is 260 g/mol. The molecule has 2 aromatic carbocycles. The Labute approximate surface area is 112 Å². The van der Waals surface area contributed by atoms with Crippen LogP contribution in [-0.4, -0.2) is 6.54 Å². The summed E-state index contributed by atoms with van der Waals surface area (Å²) >= 11 is 5.98. The molecule has 0 aromatic heterocycles. The maximum Gasteiger partial charge on any atom is 0.144 e. The fraction of sp³-hybridized carbons (Fsp3) is 0.200. The molecule has 0 fully saturated rings. The molecule has 1 atom stereocenters. The number of halogens is 1. The van der Waals surface area contributed by atoms with Crippen LogP contribution in [0.15, 0.2) is 42.5 Å². The monoisotopic (exact) mass is 259 g/mol. The lowest BCUT2D eigenvalue weighted by Gasteiger charge is -2.27. The largest absolute Gasteiger partial charge is 0.482 e. The van der Waals surface area contributed by atoms with Crippen LogP contribution < -0.4 is 10.1 Å². The lowest BCUT2D eigenvalue weighted by Crippen LogP contribution is -2.23. The molecule has 1 aliphatic heterocycles. The van der Waals surface area contributed by atoms with Crippen molar-refractivity contribution < 1.29 is 4.74 Å². The number of ether oxygens (including phenoxy) is 1. The van der Waals surface area contributed by atoms with Gasteiger partial charge in [0.05, 0.1) is 12.2 Å². The second-order valence-electron chi connectivity index (χ2n) is 4.54. The van der Waals surface area contributed by atoms with E-state index < -0.39 is 0 Å². The van der Waals surface area contributed by atoms with Crippen molar-refractivity contribution in [2.24, 2.45) is 0 Å². The van der Waals surface area contributed by atoms with Crippen molar-refractivity contribution in [1.82, 2.24) is 0 Å². The molecule has 0 amide bonds. The lowest BCUT2D eigenvalue weighted by molar-refractivity contribution is 0.210. The maximum absolute atomic E-state index is 5.99. The zero-order valence-electron chi connectivity index (χ0n) is 10.1. The van der Waals surface area contributed by atoms with Gasteiger partial charge >= 0.3 is 0 Å². The van der Waals surface area contributed by atoms with Crippen LogP contribution >= 0.6 is 11.6 Å². The highest BCUT2D eigenvalue weighted by Crippen LogP contribution is 2.35. The number of nitrogens with one attached hydrogen (secondary N) is 1. The van der Waals surface area contributed by atoms with E-state index in [-0.39, 0.29) is 6.10 Å². The lowest BCUT2D eigenvalue weighted by atomic mass is 10.1. The number of rotatable bonds is 1. The number of hydrogen-bond donors (Lipinski definition) is 1. The minimum atomic E-state index is 0.0385. The Hall–Kier alpha value is -1.67. The first kappa shape index (κ1) is 11.4. The first-order chi connectivity index (χ1) is 8.72. The molecule has 2 aromatic rings. The molecule has 92 valence electrons. The quantitative estimate of drug-likeness (QED) is 0.829. The van der Waals surface area contributed by atoms with Crippen LogP contribution in [0.4, 0.5) is 5.69 Å². The van der Waals surface area contributed by atoms with E-state index in [1.165, 1.54) is 11.1 Å². The molecule has 0 bridgehead atoms. The molecule has 3 rings (SSSR count). The van der Waals surface area contributed by atoms with Crippen LogP contribution in [0.3, 0.4) is 0 Å². The summed E-state index contributed by atoms with van der Waals surface area (Å²) in [6, 6.07) is 14.1. The Kier molecular flexibility index (Phi) is 2.88. The predicted octanol–water partition coefficient (Wildman–Crippen LogP) is 4.19. The SMILES string of the molecule is Cc1ccc(C2CNc3ccc(Cl)cc3O2)cc1. The zero-order chi connectivity index (χ0) is 12.5. The first-order valence-corrected chi connectivity index (χ1v) is 6.37. The molecule has 0 saturated heterocycles. The molecule has 0 aliphatic carbocycles. The van der Waals surface area contributed by atoms with Crippen LogP contribution in [0.1, 0.15) is 17.2 Å². The van der Waals surface area contributed by atoms with Gasteiger partial charge in [-0.05, 0) is 24.6 Å². The van der Waals surface area contributed by atoms with Gasteiger partial charge in [-0.15, -0.1) is 0 Å². The molecule has 1 aliphatic rings. The molecule has 1 heterocycles. The summed E-state index contributed by atoms with van der Waals surface area (Å²) in [5.74, 6) is 0.819. The van der Waals surface area contributed by atoms with E-state index in [9.17, 15) is 0 Å². The molecule has 0 spiro atoms. The Morgan fingerprint density at radius 2 is 1.94 bits per heavy atom. The van der Waals surface area contributed by atoms with Gasteiger partial charge in [0.1, 0.15) is 11.9 Å². The highest BCUT2D eigenvalue weighted by Gasteiger charge is 2.20. The van der Waals surface area contributed by atoms with E-state index in [1.54, 1.807) is 0 Å². The highest BCUT2D eigenvalue weighted by atomic mass is 35.5. The number of aryl methyl sites for hydroxylation is 1. The summed E-state index contributed by atoms with van der Waals surface area (Å²) in [5, 5.41) is 4.06. The normalized spacial score (nSPS) is 17.6. The van der Waals surface area contributed by atoms with Gasteiger partial charge in [0, 0.05) is 11.1 Å². The van der Waals surface area contributed by atoms with Crippen LogP contribution in [0.2, 0.25) is 5.02 Å². The standard InChI is InChI=1S/C15H14ClNO/c1-10-2-4-11(5-3-10)15-9-17-13-7-6-12(16)8-14(13)18-15/h2-8,15,17H,9H2,1H3. The van der Waals surface area contributed by atoms with Crippen LogP contribution in [0, 0.1) is 6.92 Å². The second-order valence-corrected chi connectivity index (χ2v) is 4.97. The molecule has 0 saturated carbocycles. The maximum atomic E-state index is 5.99. The summed E-state index contributed by atoms with van der Waals surface area (Å²) in [6.45, 7) is 2.86. The van der Waals surface area contributed by atoms with Crippen molar-refractivity contribution in [3.05, 3.63) is 58.6 Å². The number of benzene rings is 2. The summed E-state index contributed by atoms with van der Waals surface area (Å²) in [6.07, 6.45) is 0.0385. The summed E-state index contributed by atoms with van der Waals surface area (Å²) in [5.41, 5.74) is 3.44. The van der Waals surface area contributed by atoms with Crippen LogP contribution in [0.5, 0.6) is 5.75 Å². The Balaban J connectivity index is 1.88. The second kappa shape index (κ2) is 4.54. The minimum absolute atomic E-state index is 0.0385. The van der Waals surface area contributed by atoms with E-state index >= 15 is 0 Å². The van der Waals surface area contributed by atoms with Crippen LogP contribution in [0.25, 0.3) is 0 Å². The smallest absolute Gasteiger partial charge is 0.144 e. The van der Waals surface area contributed by atoms with E-state index in [0.29, 0.717) is 5.02 Å². The van der Waals surface area contributed by atoms with Gasteiger partial charge in [-0.3, -0.25) is 0 Å². The molecule has 2 nitrogen and oxygen atoms in total. The fourth-order valence-electron chi connectivity index (χ4n) is 2.10. The number of fused-ring (bicyclic) bond motifs is 1.